The van der Waals surface area contributed by atoms with Gasteiger partial charge in [-0.15, -0.1) is 0 Å². The Balaban J connectivity index is 3.23. The predicted molar refractivity (Wildman–Crippen MR) is 52.2 cm³/mol. The van der Waals surface area contributed by atoms with Crippen molar-refractivity contribution in [3.8, 4) is 0 Å². The number of rotatable bonds is 2. The Labute approximate surface area is 85.7 Å². The second-order valence-corrected chi connectivity index (χ2v) is 3.23. The largest absolute Gasteiger partial charge is 0.490 e. The summed E-state index contributed by atoms with van der Waals surface area (Å²) in [6.45, 7) is -0.236. The predicted octanol–water partition coefficient (Wildman–Crippen LogP) is 0.166. The molecule has 0 spiro atoms. The third-order valence-electron chi connectivity index (χ3n) is 1.64. The molecule has 0 amide bonds. The van der Waals surface area contributed by atoms with Crippen molar-refractivity contribution in [2.45, 2.75) is 6.61 Å². The molecule has 0 saturated carbocycles. The highest BCUT2D eigenvalue weighted by Gasteiger charge is 2.18. The molecule has 13 heavy (non-hydrogen) atoms. The first-order valence-electron chi connectivity index (χ1n) is 3.51. The monoisotopic (exact) mass is 220 g/mol. The fourth-order valence-corrected chi connectivity index (χ4v) is 1.44. The average molecular weight is 221 g/mol. The van der Waals surface area contributed by atoms with Gasteiger partial charge in [-0.2, -0.15) is 0 Å². The lowest BCUT2D eigenvalue weighted by molar-refractivity contribution is 0.282. The molecule has 6 heteroatoms. The van der Waals surface area contributed by atoms with E-state index < -0.39 is 7.12 Å². The molecule has 1 rings (SSSR count). The molecule has 0 radical (unpaired) electrons. The first-order valence-corrected chi connectivity index (χ1v) is 4.27. The molecule has 0 saturated heterocycles. The zero-order valence-corrected chi connectivity index (χ0v) is 8.05. The molecule has 1 aromatic carbocycles. The van der Waals surface area contributed by atoms with Gasteiger partial charge in [-0.25, -0.2) is 0 Å². The quantitative estimate of drug-likeness (QED) is 0.623. The van der Waals surface area contributed by atoms with Crippen LogP contribution in [0.5, 0.6) is 0 Å². The molecule has 0 aromatic heterocycles. The van der Waals surface area contributed by atoms with E-state index in [1.54, 1.807) is 0 Å². The van der Waals surface area contributed by atoms with E-state index in [1.807, 2.05) is 0 Å². The number of halogens is 2. The van der Waals surface area contributed by atoms with Gasteiger partial charge in [-0.3, -0.25) is 0 Å². The summed E-state index contributed by atoms with van der Waals surface area (Å²) in [6, 6.07) is 2.90. The Hall–Kier alpha value is -0.255. The first kappa shape index (κ1) is 10.8. The van der Waals surface area contributed by atoms with E-state index >= 15 is 0 Å². The van der Waals surface area contributed by atoms with Gasteiger partial charge in [-0.05, 0) is 5.56 Å². The van der Waals surface area contributed by atoms with Crippen molar-refractivity contribution in [2.24, 2.45) is 0 Å². The van der Waals surface area contributed by atoms with Crippen molar-refractivity contribution in [1.29, 1.82) is 0 Å². The van der Waals surface area contributed by atoms with Crippen molar-refractivity contribution in [3.63, 3.8) is 0 Å². The lowest BCUT2D eigenvalue weighted by Crippen LogP contribution is -2.31. The number of aliphatic hydroxyl groups excluding tert-OH is 1. The second-order valence-electron chi connectivity index (χ2n) is 2.47. The standard InChI is InChI=1S/C7H7BCl2O3/c9-6-4(3-11)1-2-5(7(6)10)8(12)13/h1-2,11-13H,3H2. The minimum atomic E-state index is -1.65. The minimum absolute atomic E-state index is 0.0585. The average Bonchev–Trinajstić information content (AvgIpc) is 2.09. The van der Waals surface area contributed by atoms with Crippen LogP contribution in [0.3, 0.4) is 0 Å². The Bertz CT molecular complexity index is 317. The Morgan fingerprint density at radius 3 is 2.23 bits per heavy atom. The van der Waals surface area contributed by atoms with Gasteiger partial charge >= 0.3 is 7.12 Å². The molecule has 0 unspecified atom stereocenters. The van der Waals surface area contributed by atoms with Crippen LogP contribution in [0.2, 0.25) is 10.0 Å². The fourth-order valence-electron chi connectivity index (χ4n) is 0.926. The SMILES string of the molecule is OCc1ccc(B(O)O)c(Cl)c1Cl. The topological polar surface area (TPSA) is 60.7 Å². The maximum absolute atomic E-state index is 8.84. The van der Waals surface area contributed by atoms with Gasteiger partial charge in [0.2, 0.25) is 0 Å². The number of aliphatic hydroxyl groups is 1. The van der Waals surface area contributed by atoms with E-state index in [9.17, 15) is 0 Å². The van der Waals surface area contributed by atoms with Gasteiger partial charge in [0.1, 0.15) is 0 Å². The van der Waals surface area contributed by atoms with Gasteiger partial charge in [0.15, 0.2) is 0 Å². The van der Waals surface area contributed by atoms with Crippen molar-refractivity contribution in [2.75, 3.05) is 0 Å². The van der Waals surface area contributed by atoms with Crippen LogP contribution >= 0.6 is 23.2 Å². The summed E-state index contributed by atoms with van der Waals surface area (Å²) in [5, 5.41) is 26.7. The highest BCUT2D eigenvalue weighted by molar-refractivity contribution is 6.64. The second kappa shape index (κ2) is 4.31. The molecule has 0 aliphatic carbocycles. The molecule has 0 atom stereocenters. The van der Waals surface area contributed by atoms with Gasteiger partial charge < -0.3 is 15.2 Å². The molecule has 0 fully saturated rings. The van der Waals surface area contributed by atoms with Gasteiger partial charge in [0.25, 0.3) is 0 Å². The number of benzene rings is 1. The Morgan fingerprint density at radius 1 is 1.15 bits per heavy atom. The van der Waals surface area contributed by atoms with Gasteiger partial charge in [0, 0.05) is 5.46 Å². The van der Waals surface area contributed by atoms with Crippen molar-refractivity contribution in [3.05, 3.63) is 27.7 Å². The number of hydrogen-bond acceptors (Lipinski definition) is 3. The Morgan fingerprint density at radius 2 is 1.77 bits per heavy atom. The maximum Gasteiger partial charge on any atom is 0.490 e. The van der Waals surface area contributed by atoms with E-state index in [0.29, 0.717) is 5.56 Å². The van der Waals surface area contributed by atoms with Crippen molar-refractivity contribution >= 4 is 35.8 Å². The van der Waals surface area contributed by atoms with Crippen LogP contribution in [0.1, 0.15) is 5.56 Å². The first-order chi connectivity index (χ1) is 6.07. The smallest absolute Gasteiger partial charge is 0.423 e. The van der Waals surface area contributed by atoms with Crippen LogP contribution in [-0.2, 0) is 6.61 Å². The molecular formula is C7H7BCl2O3. The fraction of sp³-hybridized carbons (Fsp3) is 0.143. The van der Waals surface area contributed by atoms with E-state index in [1.165, 1.54) is 12.1 Å². The summed E-state index contributed by atoms with van der Waals surface area (Å²) in [6.07, 6.45) is 0. The summed E-state index contributed by atoms with van der Waals surface area (Å²) in [4.78, 5) is 0. The molecule has 70 valence electrons. The van der Waals surface area contributed by atoms with Gasteiger partial charge in [0.05, 0.1) is 16.7 Å². The highest BCUT2D eigenvalue weighted by atomic mass is 35.5. The molecular weight excluding hydrogens is 214 g/mol. The van der Waals surface area contributed by atoms with Crippen LogP contribution in [0, 0.1) is 0 Å². The molecule has 0 bridgehead atoms. The third-order valence-corrected chi connectivity index (χ3v) is 2.58. The van der Waals surface area contributed by atoms with Crippen LogP contribution < -0.4 is 5.46 Å². The zero-order chi connectivity index (χ0) is 10.0. The maximum atomic E-state index is 8.84. The lowest BCUT2D eigenvalue weighted by atomic mass is 9.80. The zero-order valence-electron chi connectivity index (χ0n) is 6.54. The van der Waals surface area contributed by atoms with E-state index in [4.69, 9.17) is 38.4 Å². The number of hydrogen-bond donors (Lipinski definition) is 3. The lowest BCUT2D eigenvalue weighted by Gasteiger charge is -2.07. The highest BCUT2D eigenvalue weighted by Crippen LogP contribution is 2.24. The molecule has 3 N–H and O–H groups in total. The molecule has 1 aromatic rings. The summed E-state index contributed by atoms with van der Waals surface area (Å²) in [5.41, 5.74) is 0.583. The summed E-state index contributed by atoms with van der Waals surface area (Å²) in [5.74, 6) is 0. The normalized spacial score (nSPS) is 10.2. The molecule has 0 aliphatic heterocycles. The van der Waals surface area contributed by atoms with Crippen LogP contribution in [0.15, 0.2) is 12.1 Å². The van der Waals surface area contributed by atoms with Crippen LogP contribution in [-0.4, -0.2) is 22.3 Å². The van der Waals surface area contributed by atoms with Gasteiger partial charge in [-0.1, -0.05) is 35.3 Å². The van der Waals surface area contributed by atoms with Crippen molar-refractivity contribution in [1.82, 2.24) is 0 Å². The Kier molecular flexibility index (Phi) is 3.59. The van der Waals surface area contributed by atoms with E-state index in [0.717, 1.165) is 0 Å². The van der Waals surface area contributed by atoms with E-state index in [-0.39, 0.29) is 22.1 Å². The van der Waals surface area contributed by atoms with E-state index in [2.05, 4.69) is 0 Å². The molecule has 0 aliphatic rings. The molecule has 0 heterocycles. The third kappa shape index (κ3) is 2.16. The summed E-state index contributed by atoms with van der Waals surface area (Å²) < 4.78 is 0. The van der Waals surface area contributed by atoms with Crippen LogP contribution in [0.25, 0.3) is 0 Å². The van der Waals surface area contributed by atoms with Crippen molar-refractivity contribution < 1.29 is 15.2 Å². The minimum Gasteiger partial charge on any atom is -0.423 e. The van der Waals surface area contributed by atoms with Crippen LogP contribution in [0.4, 0.5) is 0 Å². The molecule has 3 nitrogen and oxygen atoms in total. The summed E-state index contributed by atoms with van der Waals surface area (Å²) >= 11 is 11.4. The summed E-state index contributed by atoms with van der Waals surface area (Å²) in [7, 11) is -1.65.